The lowest BCUT2D eigenvalue weighted by Crippen LogP contribution is -1.75. The Morgan fingerprint density at radius 2 is 1.95 bits per heavy atom. The second-order valence-corrected chi connectivity index (χ2v) is 5.52. The van der Waals surface area contributed by atoms with Crippen LogP contribution in [0.1, 0.15) is 10.6 Å². The zero-order chi connectivity index (χ0) is 13.9. The van der Waals surface area contributed by atoms with Crippen LogP contribution in [0.4, 0.5) is 0 Å². The fraction of sp³-hybridized carbons (Fsp3) is 0. The number of carbonyl (C=O) groups is 1. The fourth-order valence-corrected chi connectivity index (χ4v) is 2.73. The maximum atomic E-state index is 10.6. The summed E-state index contributed by atoms with van der Waals surface area (Å²) in [7, 11) is 0. The summed E-state index contributed by atoms with van der Waals surface area (Å²) in [5.74, 6) is 0.675. The number of benzene rings is 1. The second kappa shape index (κ2) is 5.64. The van der Waals surface area contributed by atoms with E-state index in [1.807, 2.05) is 30.3 Å². The van der Waals surface area contributed by atoms with Crippen LogP contribution in [-0.2, 0) is 0 Å². The van der Waals surface area contributed by atoms with Crippen molar-refractivity contribution in [1.29, 1.82) is 0 Å². The lowest BCUT2D eigenvalue weighted by molar-refractivity contribution is 0.109. The Bertz CT molecular complexity index is 739. The molecular formula is C13H7BrN2O3S. The third kappa shape index (κ3) is 2.68. The van der Waals surface area contributed by atoms with Gasteiger partial charge in [0.15, 0.2) is 17.1 Å². The Labute approximate surface area is 126 Å². The van der Waals surface area contributed by atoms with Gasteiger partial charge < -0.3 is 8.83 Å². The molecule has 0 saturated heterocycles. The standard InChI is InChI=1S/C13H7BrN2O3S/c14-10-6-9(7-17)18-12(10)20-13-16-15-11(19-13)8-4-2-1-3-5-8/h1-7H. The zero-order valence-electron chi connectivity index (χ0n) is 9.95. The van der Waals surface area contributed by atoms with E-state index in [2.05, 4.69) is 26.1 Å². The second-order valence-electron chi connectivity index (χ2n) is 3.74. The van der Waals surface area contributed by atoms with E-state index in [0.717, 1.165) is 17.3 Å². The molecule has 0 aliphatic rings. The van der Waals surface area contributed by atoms with Gasteiger partial charge in [-0.25, -0.2) is 0 Å². The van der Waals surface area contributed by atoms with Gasteiger partial charge in [-0.05, 0) is 28.1 Å². The molecule has 5 nitrogen and oxygen atoms in total. The van der Waals surface area contributed by atoms with Gasteiger partial charge >= 0.3 is 0 Å². The number of hydrogen-bond donors (Lipinski definition) is 0. The van der Waals surface area contributed by atoms with Gasteiger partial charge in [0.2, 0.25) is 5.89 Å². The zero-order valence-corrected chi connectivity index (χ0v) is 12.3. The summed E-state index contributed by atoms with van der Waals surface area (Å²) in [5.41, 5.74) is 0.846. The van der Waals surface area contributed by atoms with Crippen LogP contribution in [0.2, 0.25) is 0 Å². The van der Waals surface area contributed by atoms with Crippen molar-refractivity contribution in [3.8, 4) is 11.5 Å². The molecule has 2 aromatic heterocycles. The fourth-order valence-electron chi connectivity index (χ4n) is 1.52. The van der Waals surface area contributed by atoms with Crippen LogP contribution in [0.3, 0.4) is 0 Å². The molecule has 0 spiro atoms. The van der Waals surface area contributed by atoms with Crippen LogP contribution < -0.4 is 0 Å². The average molecular weight is 351 g/mol. The van der Waals surface area contributed by atoms with Crippen LogP contribution in [0.5, 0.6) is 0 Å². The number of furan rings is 1. The molecule has 3 aromatic rings. The SMILES string of the molecule is O=Cc1cc(Br)c(Sc2nnc(-c3ccccc3)o2)o1. The van der Waals surface area contributed by atoms with Gasteiger partial charge in [0.05, 0.1) is 4.47 Å². The minimum Gasteiger partial charge on any atom is -0.445 e. The minimum atomic E-state index is 0.238. The van der Waals surface area contributed by atoms with E-state index in [0.29, 0.717) is 27.0 Å². The van der Waals surface area contributed by atoms with Gasteiger partial charge in [-0.2, -0.15) is 0 Å². The first kappa shape index (κ1) is 13.1. The van der Waals surface area contributed by atoms with Gasteiger partial charge in [0.25, 0.3) is 5.22 Å². The highest BCUT2D eigenvalue weighted by Crippen LogP contribution is 2.35. The van der Waals surface area contributed by atoms with Crippen molar-refractivity contribution in [3.63, 3.8) is 0 Å². The quantitative estimate of drug-likeness (QED) is 0.661. The number of halogens is 1. The smallest absolute Gasteiger partial charge is 0.284 e. The Hall–Kier alpha value is -1.86. The predicted molar refractivity (Wildman–Crippen MR) is 75.7 cm³/mol. The van der Waals surface area contributed by atoms with E-state index in [1.165, 1.54) is 0 Å². The highest BCUT2D eigenvalue weighted by atomic mass is 79.9. The molecule has 0 saturated carbocycles. The normalized spacial score (nSPS) is 10.7. The monoisotopic (exact) mass is 350 g/mol. The largest absolute Gasteiger partial charge is 0.445 e. The molecule has 2 heterocycles. The van der Waals surface area contributed by atoms with Gasteiger partial charge in [0.1, 0.15) is 0 Å². The van der Waals surface area contributed by atoms with Gasteiger partial charge in [0, 0.05) is 23.4 Å². The molecule has 3 rings (SSSR count). The molecule has 0 aliphatic carbocycles. The van der Waals surface area contributed by atoms with Crippen LogP contribution >= 0.6 is 27.7 Å². The minimum absolute atomic E-state index is 0.238. The molecule has 0 fully saturated rings. The Morgan fingerprint density at radius 3 is 2.65 bits per heavy atom. The lowest BCUT2D eigenvalue weighted by Gasteiger charge is -1.93. The number of nitrogens with zero attached hydrogens (tertiary/aromatic N) is 2. The van der Waals surface area contributed by atoms with E-state index in [9.17, 15) is 4.79 Å². The van der Waals surface area contributed by atoms with Gasteiger partial charge in [-0.1, -0.05) is 18.2 Å². The molecule has 100 valence electrons. The Morgan fingerprint density at radius 1 is 1.15 bits per heavy atom. The van der Waals surface area contributed by atoms with E-state index in [1.54, 1.807) is 6.07 Å². The van der Waals surface area contributed by atoms with Crippen molar-refractivity contribution in [1.82, 2.24) is 10.2 Å². The summed E-state index contributed by atoms with van der Waals surface area (Å²) in [4.78, 5) is 10.6. The number of aromatic nitrogens is 2. The lowest BCUT2D eigenvalue weighted by atomic mass is 10.2. The molecule has 0 N–H and O–H groups in total. The maximum absolute atomic E-state index is 10.6. The van der Waals surface area contributed by atoms with Crippen molar-refractivity contribution in [2.75, 3.05) is 0 Å². The van der Waals surface area contributed by atoms with Crippen LogP contribution in [0.25, 0.3) is 11.5 Å². The van der Waals surface area contributed by atoms with Crippen molar-refractivity contribution in [2.24, 2.45) is 0 Å². The number of carbonyl (C=O) groups excluding carboxylic acids is 1. The Kier molecular flexibility index (Phi) is 3.70. The van der Waals surface area contributed by atoms with Crippen molar-refractivity contribution < 1.29 is 13.6 Å². The van der Waals surface area contributed by atoms with Gasteiger partial charge in [-0.3, -0.25) is 4.79 Å². The first-order valence-electron chi connectivity index (χ1n) is 5.57. The molecule has 20 heavy (non-hydrogen) atoms. The van der Waals surface area contributed by atoms with Crippen molar-refractivity contribution >= 4 is 34.0 Å². The topological polar surface area (TPSA) is 69.1 Å². The molecular weight excluding hydrogens is 344 g/mol. The number of aldehydes is 1. The highest BCUT2D eigenvalue weighted by Gasteiger charge is 2.15. The Balaban J connectivity index is 1.84. The molecule has 0 unspecified atom stereocenters. The summed E-state index contributed by atoms with van der Waals surface area (Å²) in [5, 5.41) is 8.76. The maximum Gasteiger partial charge on any atom is 0.284 e. The molecule has 0 atom stereocenters. The molecule has 0 amide bonds. The summed E-state index contributed by atoms with van der Waals surface area (Å²) >= 11 is 4.46. The van der Waals surface area contributed by atoms with Crippen molar-refractivity contribution in [2.45, 2.75) is 10.3 Å². The highest BCUT2D eigenvalue weighted by molar-refractivity contribution is 9.10. The summed E-state index contributed by atoms with van der Waals surface area (Å²) in [6.45, 7) is 0. The van der Waals surface area contributed by atoms with Crippen LogP contribution in [-0.4, -0.2) is 16.5 Å². The predicted octanol–water partition coefficient (Wildman–Crippen LogP) is 4.06. The molecule has 0 radical (unpaired) electrons. The first-order valence-corrected chi connectivity index (χ1v) is 7.18. The van der Waals surface area contributed by atoms with E-state index < -0.39 is 0 Å². The summed E-state index contributed by atoms with van der Waals surface area (Å²) in [6, 6.07) is 11.1. The first-order chi connectivity index (χ1) is 9.76. The third-order valence-electron chi connectivity index (χ3n) is 2.40. The van der Waals surface area contributed by atoms with Crippen molar-refractivity contribution in [3.05, 3.63) is 46.6 Å². The van der Waals surface area contributed by atoms with Crippen LogP contribution in [0, 0.1) is 0 Å². The van der Waals surface area contributed by atoms with Crippen LogP contribution in [0.15, 0.2) is 60.0 Å². The average Bonchev–Trinajstić information content (AvgIpc) is 3.08. The van der Waals surface area contributed by atoms with E-state index >= 15 is 0 Å². The number of rotatable bonds is 4. The molecule has 0 aliphatic heterocycles. The molecule has 7 heteroatoms. The molecule has 1 aromatic carbocycles. The third-order valence-corrected chi connectivity index (χ3v) is 4.08. The summed E-state index contributed by atoms with van der Waals surface area (Å²) in [6.07, 6.45) is 0.637. The van der Waals surface area contributed by atoms with E-state index in [4.69, 9.17) is 8.83 Å². The van der Waals surface area contributed by atoms with E-state index in [-0.39, 0.29) is 5.76 Å². The number of hydrogen-bond acceptors (Lipinski definition) is 6. The summed E-state index contributed by atoms with van der Waals surface area (Å²) < 4.78 is 11.5. The molecule has 0 bridgehead atoms. The van der Waals surface area contributed by atoms with Gasteiger partial charge in [-0.15, -0.1) is 10.2 Å².